The fraction of sp³-hybridized carbons (Fsp3) is 0. The molecule has 0 amide bonds. The van der Waals surface area contributed by atoms with Gasteiger partial charge in [0.1, 0.15) is 5.58 Å². The molecule has 0 fully saturated rings. The standard InChI is InChI=1S/C45H29N3O/c1-3-11-30(12-4-1)31-19-21-33(22-20-31)47(35-24-26-43-39(28-35)45-37-16-7-9-17-40(37)46-29-44(45)49-43)34-23-25-42-38(27-34)36-15-8-10-18-41(36)48(42)32-13-5-2-6-14-32/h1-29H. The Morgan fingerprint density at radius 3 is 1.88 bits per heavy atom. The Hall–Kier alpha value is -6.65. The largest absolute Gasteiger partial charge is 0.454 e. The van der Waals surface area contributed by atoms with Crippen LogP contribution in [0.5, 0.6) is 0 Å². The van der Waals surface area contributed by atoms with Crippen molar-refractivity contribution < 1.29 is 4.42 Å². The summed E-state index contributed by atoms with van der Waals surface area (Å²) in [4.78, 5) is 7.01. The maximum atomic E-state index is 6.34. The molecule has 0 saturated heterocycles. The Labute approximate surface area is 282 Å². The molecule has 3 heterocycles. The number of fused-ring (bicyclic) bond motifs is 8. The number of hydrogen-bond donors (Lipinski definition) is 0. The molecule has 0 atom stereocenters. The maximum Gasteiger partial charge on any atom is 0.154 e. The Morgan fingerprint density at radius 2 is 1.06 bits per heavy atom. The smallest absolute Gasteiger partial charge is 0.154 e. The van der Waals surface area contributed by atoms with E-state index < -0.39 is 0 Å². The monoisotopic (exact) mass is 627 g/mol. The lowest BCUT2D eigenvalue weighted by Gasteiger charge is -2.26. The molecule has 7 aromatic carbocycles. The van der Waals surface area contributed by atoms with Gasteiger partial charge < -0.3 is 13.9 Å². The van der Waals surface area contributed by atoms with Crippen molar-refractivity contribution in [2.75, 3.05) is 4.90 Å². The summed E-state index contributed by atoms with van der Waals surface area (Å²) in [5.41, 5.74) is 11.7. The molecule has 49 heavy (non-hydrogen) atoms. The summed E-state index contributed by atoms with van der Waals surface area (Å²) < 4.78 is 8.70. The van der Waals surface area contributed by atoms with Gasteiger partial charge in [0.25, 0.3) is 0 Å². The molecule has 230 valence electrons. The van der Waals surface area contributed by atoms with E-state index in [1.165, 1.54) is 32.9 Å². The normalized spacial score (nSPS) is 11.7. The van der Waals surface area contributed by atoms with E-state index in [0.29, 0.717) is 0 Å². The predicted molar refractivity (Wildman–Crippen MR) is 203 cm³/mol. The maximum absolute atomic E-state index is 6.34. The molecular weight excluding hydrogens is 599 g/mol. The van der Waals surface area contributed by atoms with Gasteiger partial charge in [-0.15, -0.1) is 0 Å². The summed E-state index contributed by atoms with van der Waals surface area (Å²) >= 11 is 0. The van der Waals surface area contributed by atoms with Gasteiger partial charge in [0.2, 0.25) is 0 Å². The highest BCUT2D eigenvalue weighted by atomic mass is 16.3. The molecule has 10 rings (SSSR count). The van der Waals surface area contributed by atoms with Crippen molar-refractivity contribution in [1.82, 2.24) is 9.55 Å². The summed E-state index contributed by atoms with van der Waals surface area (Å²) in [6, 6.07) is 60.3. The van der Waals surface area contributed by atoms with Crippen LogP contribution >= 0.6 is 0 Å². The van der Waals surface area contributed by atoms with E-state index >= 15 is 0 Å². The number of furan rings is 1. The zero-order valence-electron chi connectivity index (χ0n) is 26.5. The van der Waals surface area contributed by atoms with Crippen LogP contribution in [-0.4, -0.2) is 9.55 Å². The van der Waals surface area contributed by atoms with Crippen LogP contribution in [0.2, 0.25) is 0 Å². The van der Waals surface area contributed by atoms with Gasteiger partial charge in [0.05, 0.1) is 22.7 Å². The Bertz CT molecular complexity index is 2820. The van der Waals surface area contributed by atoms with E-state index in [-0.39, 0.29) is 0 Å². The van der Waals surface area contributed by atoms with Crippen molar-refractivity contribution in [2.24, 2.45) is 0 Å². The molecule has 0 aliphatic rings. The molecule has 0 N–H and O–H groups in total. The van der Waals surface area contributed by atoms with Gasteiger partial charge in [-0.05, 0) is 83.9 Å². The number of rotatable bonds is 5. The van der Waals surface area contributed by atoms with Gasteiger partial charge in [-0.2, -0.15) is 0 Å². The summed E-state index contributed by atoms with van der Waals surface area (Å²) in [7, 11) is 0. The first kappa shape index (κ1) is 27.5. The highest BCUT2D eigenvalue weighted by Crippen LogP contribution is 2.43. The molecule has 10 aromatic rings. The fourth-order valence-electron chi connectivity index (χ4n) is 7.37. The highest BCUT2D eigenvalue weighted by molar-refractivity contribution is 6.18. The third kappa shape index (κ3) is 4.42. The first-order valence-electron chi connectivity index (χ1n) is 16.5. The van der Waals surface area contributed by atoms with Crippen LogP contribution < -0.4 is 4.90 Å². The number of nitrogens with zero attached hydrogens (tertiary/aromatic N) is 3. The van der Waals surface area contributed by atoms with E-state index in [4.69, 9.17) is 4.42 Å². The van der Waals surface area contributed by atoms with Gasteiger partial charge in [-0.1, -0.05) is 97.1 Å². The van der Waals surface area contributed by atoms with Crippen LogP contribution in [0.15, 0.2) is 180 Å². The molecule has 3 aromatic heterocycles. The van der Waals surface area contributed by atoms with Crippen LogP contribution in [0.1, 0.15) is 0 Å². The van der Waals surface area contributed by atoms with Crippen LogP contribution in [0.25, 0.3) is 71.5 Å². The second-order valence-corrected chi connectivity index (χ2v) is 12.4. The van der Waals surface area contributed by atoms with Gasteiger partial charge >= 0.3 is 0 Å². The van der Waals surface area contributed by atoms with Gasteiger partial charge in [-0.25, -0.2) is 0 Å². The molecule has 4 nitrogen and oxygen atoms in total. The van der Waals surface area contributed by atoms with Gasteiger partial charge in [-0.3, -0.25) is 4.98 Å². The first-order valence-corrected chi connectivity index (χ1v) is 16.5. The molecule has 4 heteroatoms. The quantitative estimate of drug-likeness (QED) is 0.190. The molecule has 0 aliphatic carbocycles. The molecule has 0 radical (unpaired) electrons. The second kappa shape index (κ2) is 11.0. The lowest BCUT2D eigenvalue weighted by atomic mass is 10.0. The summed E-state index contributed by atoms with van der Waals surface area (Å²) in [6.07, 6.45) is 1.84. The van der Waals surface area contributed by atoms with Crippen molar-refractivity contribution in [2.45, 2.75) is 0 Å². The summed E-state index contributed by atoms with van der Waals surface area (Å²) in [5, 5.41) is 5.67. The topological polar surface area (TPSA) is 34.2 Å². The van der Waals surface area contributed by atoms with Crippen LogP contribution in [-0.2, 0) is 0 Å². The van der Waals surface area contributed by atoms with Crippen LogP contribution in [0.4, 0.5) is 17.1 Å². The highest BCUT2D eigenvalue weighted by Gasteiger charge is 2.19. The Kier molecular flexibility index (Phi) is 6.15. The third-order valence-corrected chi connectivity index (χ3v) is 9.61. The number of hydrogen-bond acceptors (Lipinski definition) is 3. The number of aromatic nitrogens is 2. The second-order valence-electron chi connectivity index (χ2n) is 12.4. The number of pyridine rings is 1. The number of anilines is 3. The minimum atomic E-state index is 0.791. The van der Waals surface area contributed by atoms with Gasteiger partial charge in [0.15, 0.2) is 5.58 Å². The van der Waals surface area contributed by atoms with Crippen molar-refractivity contribution in [3.8, 4) is 16.8 Å². The SMILES string of the molecule is c1ccc(-c2ccc(N(c3ccc4oc5cnc6ccccc6c5c4c3)c3ccc4c(c3)c3ccccc3n4-c3ccccc3)cc2)cc1. The van der Waals surface area contributed by atoms with Crippen LogP contribution in [0, 0.1) is 0 Å². The number of para-hydroxylation sites is 3. The van der Waals surface area contributed by atoms with Crippen molar-refractivity contribution in [1.29, 1.82) is 0 Å². The average Bonchev–Trinajstić information content (AvgIpc) is 3.71. The van der Waals surface area contributed by atoms with Crippen LogP contribution in [0.3, 0.4) is 0 Å². The lowest BCUT2D eigenvalue weighted by Crippen LogP contribution is -2.09. The first-order chi connectivity index (χ1) is 24.3. The molecule has 0 unspecified atom stereocenters. The minimum absolute atomic E-state index is 0.791. The van der Waals surface area contributed by atoms with E-state index in [9.17, 15) is 0 Å². The van der Waals surface area contributed by atoms with E-state index in [1.54, 1.807) is 0 Å². The van der Waals surface area contributed by atoms with Crippen molar-refractivity contribution in [3.63, 3.8) is 0 Å². The molecule has 0 aliphatic heterocycles. The Balaban J connectivity index is 1.21. The fourth-order valence-corrected chi connectivity index (χ4v) is 7.37. The zero-order valence-corrected chi connectivity index (χ0v) is 26.5. The van der Waals surface area contributed by atoms with E-state index in [2.05, 4.69) is 178 Å². The molecule has 0 spiro atoms. The average molecular weight is 628 g/mol. The zero-order chi connectivity index (χ0) is 32.3. The van der Waals surface area contributed by atoms with Gasteiger partial charge in [0, 0.05) is 49.7 Å². The van der Waals surface area contributed by atoms with E-state index in [0.717, 1.165) is 55.6 Å². The Morgan fingerprint density at radius 1 is 0.449 bits per heavy atom. The molecule has 0 bridgehead atoms. The molecular formula is C45H29N3O. The lowest BCUT2D eigenvalue weighted by molar-refractivity contribution is 0.667. The predicted octanol–water partition coefficient (Wildman–Crippen LogP) is 12.4. The van der Waals surface area contributed by atoms with Crippen molar-refractivity contribution >= 4 is 71.7 Å². The number of benzene rings is 7. The van der Waals surface area contributed by atoms with Crippen molar-refractivity contribution in [3.05, 3.63) is 176 Å². The summed E-state index contributed by atoms with van der Waals surface area (Å²) in [6.45, 7) is 0. The van der Waals surface area contributed by atoms with E-state index in [1.807, 2.05) is 12.3 Å². The summed E-state index contributed by atoms with van der Waals surface area (Å²) in [5.74, 6) is 0. The minimum Gasteiger partial charge on any atom is -0.454 e. The third-order valence-electron chi connectivity index (χ3n) is 9.61. The molecule has 0 saturated carbocycles.